The van der Waals surface area contributed by atoms with Gasteiger partial charge in [0.1, 0.15) is 12.0 Å². The highest BCUT2D eigenvalue weighted by Gasteiger charge is 2.57. The Kier molecular flexibility index (Phi) is 8.83. The van der Waals surface area contributed by atoms with Crippen molar-refractivity contribution in [1.82, 2.24) is 9.79 Å². The molecule has 3 aliphatic rings. The van der Waals surface area contributed by atoms with Crippen LogP contribution in [-0.2, 0) is 25.6 Å². The predicted molar refractivity (Wildman–Crippen MR) is 148 cm³/mol. The van der Waals surface area contributed by atoms with Crippen molar-refractivity contribution in [3.8, 4) is 0 Å². The van der Waals surface area contributed by atoms with Gasteiger partial charge in [-0.2, -0.15) is 0 Å². The Labute approximate surface area is 239 Å². The van der Waals surface area contributed by atoms with Crippen LogP contribution in [-0.4, -0.2) is 43.5 Å². The van der Waals surface area contributed by atoms with Crippen LogP contribution in [0, 0.1) is 11.8 Å². The standard InChI is InChI=1S/C29H36ClF2N3O4S/c30-21-13-11-20(12-14-21)29(31,32)26(28(36)35-23-15-16-24(35)18-22(33)17-23)27(19-7-3-1-4-8-19)39-34-40(37,38)25-9-5-2-6-10-25/h2,5-6,9-14,19,22-24,26-27,34H,1,3-4,7-8,15-18,33H2/t23-,24-,26-,27?/m0/s1. The minimum atomic E-state index is -4.19. The Morgan fingerprint density at radius 3 is 2.17 bits per heavy atom. The van der Waals surface area contributed by atoms with E-state index in [-0.39, 0.29) is 28.6 Å². The van der Waals surface area contributed by atoms with Crippen molar-refractivity contribution in [1.29, 1.82) is 0 Å². The Morgan fingerprint density at radius 1 is 0.975 bits per heavy atom. The Morgan fingerprint density at radius 2 is 1.57 bits per heavy atom. The third-order valence-electron chi connectivity index (χ3n) is 8.70. The minimum Gasteiger partial charge on any atom is -0.336 e. The number of piperidine rings is 1. The molecule has 5 rings (SSSR count). The lowest BCUT2D eigenvalue weighted by atomic mass is 9.76. The van der Waals surface area contributed by atoms with Crippen molar-refractivity contribution in [3.63, 3.8) is 0 Å². The van der Waals surface area contributed by atoms with E-state index in [1.54, 1.807) is 23.1 Å². The molecule has 1 saturated carbocycles. The molecule has 2 heterocycles. The first-order valence-electron chi connectivity index (χ1n) is 14.0. The normalized spacial score (nSPS) is 25.5. The third kappa shape index (κ3) is 6.06. The van der Waals surface area contributed by atoms with E-state index < -0.39 is 39.8 Å². The summed E-state index contributed by atoms with van der Waals surface area (Å²) in [5, 5.41) is 0.293. The zero-order valence-electron chi connectivity index (χ0n) is 22.2. The number of carbonyl (C=O) groups excluding carboxylic acids is 1. The van der Waals surface area contributed by atoms with Crippen LogP contribution in [0.3, 0.4) is 0 Å². The second kappa shape index (κ2) is 12.0. The number of halogens is 3. The van der Waals surface area contributed by atoms with Crippen molar-refractivity contribution in [2.75, 3.05) is 0 Å². The van der Waals surface area contributed by atoms with Gasteiger partial charge in [-0.05, 0) is 68.7 Å². The zero-order chi connectivity index (χ0) is 28.5. The number of nitrogens with one attached hydrogen (secondary N) is 1. The number of benzene rings is 2. The number of sulfonamides is 1. The summed E-state index contributed by atoms with van der Waals surface area (Å²) in [5.74, 6) is -6.77. The van der Waals surface area contributed by atoms with Crippen LogP contribution >= 0.6 is 11.6 Å². The molecule has 0 aromatic heterocycles. The number of hydrogen-bond donors (Lipinski definition) is 2. The second-order valence-electron chi connectivity index (χ2n) is 11.3. The molecule has 1 unspecified atom stereocenters. The van der Waals surface area contributed by atoms with Gasteiger partial charge in [0.2, 0.25) is 5.91 Å². The first-order valence-corrected chi connectivity index (χ1v) is 15.9. The second-order valence-corrected chi connectivity index (χ2v) is 13.4. The van der Waals surface area contributed by atoms with Gasteiger partial charge >= 0.3 is 0 Å². The van der Waals surface area contributed by atoms with Gasteiger partial charge in [-0.1, -0.05) is 66.1 Å². The summed E-state index contributed by atoms with van der Waals surface area (Å²) < 4.78 is 59.5. The number of nitrogens with two attached hydrogens (primary N) is 1. The number of carbonyl (C=O) groups is 1. The Balaban J connectivity index is 1.55. The van der Waals surface area contributed by atoms with E-state index >= 15 is 8.78 Å². The van der Waals surface area contributed by atoms with Gasteiger partial charge in [-0.15, -0.1) is 0 Å². The summed E-state index contributed by atoms with van der Waals surface area (Å²) in [5.41, 5.74) is 5.84. The van der Waals surface area contributed by atoms with E-state index in [0.717, 1.165) is 19.3 Å². The molecule has 40 heavy (non-hydrogen) atoms. The number of rotatable bonds is 9. The van der Waals surface area contributed by atoms with Crippen LogP contribution in [0.25, 0.3) is 0 Å². The number of fused-ring (bicyclic) bond motifs is 2. The lowest BCUT2D eigenvalue weighted by molar-refractivity contribution is -0.186. The van der Waals surface area contributed by atoms with Crippen LogP contribution in [0.15, 0.2) is 59.5 Å². The molecule has 2 aromatic carbocycles. The summed E-state index contributed by atoms with van der Waals surface area (Å²) in [4.78, 5) is 23.8. The van der Waals surface area contributed by atoms with Gasteiger partial charge in [0.25, 0.3) is 15.9 Å². The fraction of sp³-hybridized carbons (Fsp3) is 0.552. The van der Waals surface area contributed by atoms with Crippen LogP contribution in [0.4, 0.5) is 8.78 Å². The van der Waals surface area contributed by atoms with Crippen molar-refractivity contribution >= 4 is 27.5 Å². The highest BCUT2D eigenvalue weighted by atomic mass is 35.5. The highest BCUT2D eigenvalue weighted by Crippen LogP contribution is 2.47. The molecule has 11 heteroatoms. The molecule has 218 valence electrons. The van der Waals surface area contributed by atoms with Gasteiger partial charge in [-0.25, -0.2) is 17.2 Å². The van der Waals surface area contributed by atoms with Crippen molar-refractivity contribution < 1.29 is 26.8 Å². The average Bonchev–Trinajstić information content (AvgIpc) is 3.22. The fourth-order valence-electron chi connectivity index (χ4n) is 6.76. The maximum absolute atomic E-state index is 16.7. The molecule has 7 nitrogen and oxygen atoms in total. The molecular weight excluding hydrogens is 560 g/mol. The van der Waals surface area contributed by atoms with Crippen LogP contribution < -0.4 is 10.6 Å². The molecule has 3 N–H and O–H groups in total. The van der Waals surface area contributed by atoms with E-state index in [2.05, 4.69) is 4.89 Å². The quantitative estimate of drug-likeness (QED) is 0.379. The topological polar surface area (TPSA) is 102 Å². The Hall–Kier alpha value is -2.11. The molecule has 0 spiro atoms. The van der Waals surface area contributed by atoms with E-state index in [1.165, 1.54) is 36.4 Å². The monoisotopic (exact) mass is 595 g/mol. The molecular formula is C29H36ClF2N3O4S. The predicted octanol–water partition coefficient (Wildman–Crippen LogP) is 5.39. The minimum absolute atomic E-state index is 0.0622. The number of nitrogens with zero attached hydrogens (tertiary/aromatic N) is 1. The molecule has 1 amide bonds. The summed E-state index contributed by atoms with van der Waals surface area (Å²) in [6, 6.07) is 12.2. The maximum atomic E-state index is 16.7. The lowest BCUT2D eigenvalue weighted by Crippen LogP contribution is -2.58. The SMILES string of the molecule is NC1C[C@@H]2CC[C@@H](C1)N2C(=O)[C@H](C(ONS(=O)(=O)c1ccccc1)C1CCCCC1)C(F)(F)c1ccc(Cl)cc1. The summed E-state index contributed by atoms with van der Waals surface area (Å²) in [6.45, 7) is 0. The van der Waals surface area contributed by atoms with Gasteiger partial charge < -0.3 is 10.6 Å². The molecule has 2 saturated heterocycles. The number of hydrogen-bond acceptors (Lipinski definition) is 5. The van der Waals surface area contributed by atoms with E-state index in [9.17, 15) is 13.2 Å². The molecule has 2 aromatic rings. The zero-order valence-corrected chi connectivity index (χ0v) is 23.8. The third-order valence-corrected chi connectivity index (χ3v) is 10.2. The van der Waals surface area contributed by atoms with Crippen LogP contribution in [0.1, 0.15) is 63.4 Å². The lowest BCUT2D eigenvalue weighted by Gasteiger charge is -2.44. The molecule has 1 aliphatic carbocycles. The van der Waals surface area contributed by atoms with E-state index in [4.69, 9.17) is 22.2 Å². The van der Waals surface area contributed by atoms with Crippen molar-refractivity contribution in [3.05, 3.63) is 65.2 Å². The van der Waals surface area contributed by atoms with Gasteiger partial charge in [-0.3, -0.25) is 9.63 Å². The van der Waals surface area contributed by atoms with Gasteiger partial charge in [0.15, 0.2) is 0 Å². The maximum Gasteiger partial charge on any atom is 0.287 e. The van der Waals surface area contributed by atoms with Gasteiger partial charge in [0, 0.05) is 28.7 Å². The molecule has 0 radical (unpaired) electrons. The molecule has 4 atom stereocenters. The molecule has 2 bridgehead atoms. The first kappa shape index (κ1) is 29.4. The number of amides is 1. The van der Waals surface area contributed by atoms with Crippen molar-refractivity contribution in [2.24, 2.45) is 17.6 Å². The van der Waals surface area contributed by atoms with E-state index in [0.29, 0.717) is 43.5 Å². The summed E-state index contributed by atoms with van der Waals surface area (Å²) in [6.07, 6.45) is 4.74. The first-order chi connectivity index (χ1) is 19.1. The Bertz CT molecular complexity index is 1260. The van der Waals surface area contributed by atoms with Crippen molar-refractivity contribution in [2.45, 2.75) is 92.8 Å². The van der Waals surface area contributed by atoms with Crippen LogP contribution in [0.5, 0.6) is 0 Å². The molecule has 3 fully saturated rings. The fourth-order valence-corrected chi connectivity index (χ4v) is 7.73. The van der Waals surface area contributed by atoms with Crippen LogP contribution in [0.2, 0.25) is 5.02 Å². The largest absolute Gasteiger partial charge is 0.336 e. The van der Waals surface area contributed by atoms with Gasteiger partial charge in [0.05, 0.1) is 4.90 Å². The molecule has 2 aliphatic heterocycles. The highest BCUT2D eigenvalue weighted by molar-refractivity contribution is 7.89. The smallest absolute Gasteiger partial charge is 0.287 e. The number of alkyl halides is 2. The average molecular weight is 596 g/mol. The summed E-state index contributed by atoms with van der Waals surface area (Å²) in [7, 11) is -4.19. The van der Waals surface area contributed by atoms with E-state index in [1.807, 2.05) is 0 Å². The summed E-state index contributed by atoms with van der Waals surface area (Å²) >= 11 is 5.99.